The van der Waals surface area contributed by atoms with Crippen LogP contribution in [-0.2, 0) is 9.59 Å². The van der Waals surface area contributed by atoms with E-state index in [1.165, 1.54) is 0 Å². The maximum absolute atomic E-state index is 10.9. The number of aryl methyl sites for hydroxylation is 1. The number of carboxylic acid groups (broad SMARTS) is 1. The normalized spacial score (nSPS) is 11.2. The smallest absolute Gasteiger partial charge is 0.376 e. The fourth-order valence-corrected chi connectivity index (χ4v) is 1.55. The van der Waals surface area contributed by atoms with Crippen LogP contribution in [0.5, 0.6) is 0 Å². The molecule has 0 bridgehead atoms. The highest BCUT2D eigenvalue weighted by atomic mass is 79.9. The molecule has 1 rings (SSSR count). The van der Waals surface area contributed by atoms with Crippen molar-refractivity contribution in [3.8, 4) is 0 Å². The van der Waals surface area contributed by atoms with Gasteiger partial charge in [-0.05, 0) is 19.1 Å². The predicted octanol–water partition coefficient (Wildman–Crippen LogP) is 2.31. The predicted molar refractivity (Wildman–Crippen MR) is 62.1 cm³/mol. The molecule has 0 saturated carbocycles. The summed E-state index contributed by atoms with van der Waals surface area (Å²) in [6, 6.07) is 5.17. The van der Waals surface area contributed by atoms with E-state index in [1.54, 1.807) is 12.1 Å². The van der Waals surface area contributed by atoms with E-state index in [0.29, 0.717) is 16.1 Å². The molecule has 16 heavy (non-hydrogen) atoms. The van der Waals surface area contributed by atoms with E-state index >= 15 is 0 Å². The van der Waals surface area contributed by atoms with Gasteiger partial charge < -0.3 is 10.2 Å². The van der Waals surface area contributed by atoms with Crippen LogP contribution in [-0.4, -0.2) is 22.0 Å². The summed E-state index contributed by atoms with van der Waals surface area (Å²) in [7, 11) is 0. The molecular formula is C11H9BrO4. The van der Waals surface area contributed by atoms with Crippen LogP contribution in [0.1, 0.15) is 11.1 Å². The summed E-state index contributed by atoms with van der Waals surface area (Å²) in [5.74, 6) is -3.13. The first-order valence-electron chi connectivity index (χ1n) is 4.36. The molecule has 0 aliphatic carbocycles. The summed E-state index contributed by atoms with van der Waals surface area (Å²) >= 11 is 3.20. The van der Waals surface area contributed by atoms with E-state index in [1.807, 2.05) is 13.0 Å². The maximum Gasteiger partial charge on any atom is 0.376 e. The van der Waals surface area contributed by atoms with E-state index < -0.39 is 11.8 Å². The summed E-state index contributed by atoms with van der Waals surface area (Å²) in [6.07, 6.45) is 0.682. The number of ketones is 1. The number of aliphatic hydroxyl groups excluding tert-OH is 1. The molecule has 5 heteroatoms. The Morgan fingerprint density at radius 2 is 1.94 bits per heavy atom. The standard InChI is InChI=1S/C11H9BrO4/c1-6-2-3-8(12)7(4-6)9(13)5-10(14)11(15)16/h2-5,13H,1H3,(H,15,16)/b9-5-. The van der Waals surface area contributed by atoms with E-state index in [0.717, 1.165) is 5.56 Å². The Morgan fingerprint density at radius 3 is 2.50 bits per heavy atom. The minimum Gasteiger partial charge on any atom is -0.507 e. The van der Waals surface area contributed by atoms with Crippen molar-refractivity contribution in [2.45, 2.75) is 6.92 Å². The number of aliphatic hydroxyl groups is 1. The van der Waals surface area contributed by atoms with Crippen LogP contribution in [0.2, 0.25) is 0 Å². The van der Waals surface area contributed by atoms with Gasteiger partial charge in [0.1, 0.15) is 5.76 Å². The van der Waals surface area contributed by atoms with Gasteiger partial charge in [0.2, 0.25) is 0 Å². The van der Waals surface area contributed by atoms with Crippen molar-refractivity contribution in [2.24, 2.45) is 0 Å². The van der Waals surface area contributed by atoms with Crippen LogP contribution in [0.15, 0.2) is 28.7 Å². The van der Waals surface area contributed by atoms with E-state index in [9.17, 15) is 14.7 Å². The molecule has 0 atom stereocenters. The average molecular weight is 285 g/mol. The first-order valence-corrected chi connectivity index (χ1v) is 5.15. The topological polar surface area (TPSA) is 74.6 Å². The van der Waals surface area contributed by atoms with E-state index in [4.69, 9.17) is 5.11 Å². The Hall–Kier alpha value is -1.62. The van der Waals surface area contributed by atoms with Crippen molar-refractivity contribution in [2.75, 3.05) is 0 Å². The molecule has 0 radical (unpaired) electrons. The number of carbonyl (C=O) groups excluding carboxylic acids is 1. The van der Waals surface area contributed by atoms with Crippen LogP contribution in [0.25, 0.3) is 5.76 Å². The molecule has 0 amide bonds. The second kappa shape index (κ2) is 4.94. The average Bonchev–Trinajstić information content (AvgIpc) is 2.21. The number of hydrogen-bond acceptors (Lipinski definition) is 3. The minimum absolute atomic E-state index is 0.372. The van der Waals surface area contributed by atoms with Crippen molar-refractivity contribution in [1.82, 2.24) is 0 Å². The quantitative estimate of drug-likeness (QED) is 0.507. The summed E-state index contributed by atoms with van der Waals surface area (Å²) in [5, 5.41) is 18.0. The summed E-state index contributed by atoms with van der Waals surface area (Å²) in [5.41, 5.74) is 1.27. The third kappa shape index (κ3) is 2.93. The minimum atomic E-state index is -1.60. The van der Waals surface area contributed by atoms with Gasteiger partial charge in [-0.15, -0.1) is 0 Å². The van der Waals surface area contributed by atoms with Crippen LogP contribution < -0.4 is 0 Å². The molecule has 0 spiro atoms. The zero-order chi connectivity index (χ0) is 12.3. The number of halogens is 1. The Kier molecular flexibility index (Phi) is 3.84. The number of rotatable bonds is 3. The number of aliphatic carboxylic acids is 1. The Morgan fingerprint density at radius 1 is 1.31 bits per heavy atom. The number of carboxylic acids is 1. The molecule has 0 aliphatic heterocycles. The van der Waals surface area contributed by atoms with Gasteiger partial charge >= 0.3 is 5.97 Å². The van der Waals surface area contributed by atoms with Crippen LogP contribution >= 0.6 is 15.9 Å². The first-order chi connectivity index (χ1) is 7.41. The van der Waals surface area contributed by atoms with E-state index in [-0.39, 0.29) is 5.76 Å². The van der Waals surface area contributed by atoms with Crippen LogP contribution in [0.3, 0.4) is 0 Å². The third-order valence-corrected chi connectivity index (χ3v) is 2.57. The lowest BCUT2D eigenvalue weighted by molar-refractivity contribution is -0.146. The highest BCUT2D eigenvalue weighted by Crippen LogP contribution is 2.23. The largest absolute Gasteiger partial charge is 0.507 e. The molecular weight excluding hydrogens is 276 g/mol. The molecule has 4 nitrogen and oxygen atoms in total. The lowest BCUT2D eigenvalue weighted by atomic mass is 10.1. The fourth-order valence-electron chi connectivity index (χ4n) is 1.10. The lowest BCUT2D eigenvalue weighted by Gasteiger charge is -2.04. The van der Waals surface area contributed by atoms with Crippen molar-refractivity contribution in [1.29, 1.82) is 0 Å². The fraction of sp³-hybridized carbons (Fsp3) is 0.0909. The summed E-state index contributed by atoms with van der Waals surface area (Å²) in [6.45, 7) is 1.82. The molecule has 0 heterocycles. The molecule has 1 aromatic rings. The third-order valence-electron chi connectivity index (χ3n) is 1.88. The van der Waals surface area contributed by atoms with Gasteiger partial charge in [0.05, 0.1) is 0 Å². The van der Waals surface area contributed by atoms with Gasteiger partial charge in [-0.1, -0.05) is 27.6 Å². The van der Waals surface area contributed by atoms with Gasteiger partial charge in [-0.2, -0.15) is 0 Å². The zero-order valence-corrected chi connectivity index (χ0v) is 9.98. The van der Waals surface area contributed by atoms with Gasteiger partial charge in [0.25, 0.3) is 5.78 Å². The Balaban J connectivity index is 3.14. The molecule has 84 valence electrons. The van der Waals surface area contributed by atoms with Crippen molar-refractivity contribution >= 4 is 33.4 Å². The molecule has 0 aliphatic rings. The highest BCUT2D eigenvalue weighted by molar-refractivity contribution is 9.10. The van der Waals surface area contributed by atoms with Gasteiger partial charge in [0.15, 0.2) is 0 Å². The van der Waals surface area contributed by atoms with Crippen LogP contribution in [0.4, 0.5) is 0 Å². The molecule has 0 unspecified atom stereocenters. The second-order valence-electron chi connectivity index (χ2n) is 3.18. The van der Waals surface area contributed by atoms with Crippen molar-refractivity contribution in [3.63, 3.8) is 0 Å². The first kappa shape index (κ1) is 12.4. The van der Waals surface area contributed by atoms with Crippen molar-refractivity contribution < 1.29 is 19.8 Å². The molecule has 0 aromatic heterocycles. The van der Waals surface area contributed by atoms with Crippen LogP contribution in [0, 0.1) is 6.92 Å². The molecule has 1 aromatic carbocycles. The monoisotopic (exact) mass is 284 g/mol. The maximum atomic E-state index is 10.9. The molecule has 0 saturated heterocycles. The van der Waals surface area contributed by atoms with E-state index in [2.05, 4.69) is 15.9 Å². The number of benzene rings is 1. The SMILES string of the molecule is Cc1ccc(Br)c(/C(O)=C/C(=O)C(=O)O)c1. The zero-order valence-electron chi connectivity index (χ0n) is 8.40. The Labute approximate surface area is 100 Å². The summed E-state index contributed by atoms with van der Waals surface area (Å²) in [4.78, 5) is 21.2. The highest BCUT2D eigenvalue weighted by Gasteiger charge is 2.12. The number of carbonyl (C=O) groups is 2. The molecule has 2 N–H and O–H groups in total. The van der Waals surface area contributed by atoms with Gasteiger partial charge in [-0.3, -0.25) is 4.79 Å². The van der Waals surface area contributed by atoms with Gasteiger partial charge in [-0.25, -0.2) is 4.79 Å². The number of hydrogen-bond donors (Lipinski definition) is 2. The van der Waals surface area contributed by atoms with Crippen molar-refractivity contribution in [3.05, 3.63) is 39.9 Å². The summed E-state index contributed by atoms with van der Waals surface area (Å²) < 4.78 is 0.588. The Bertz CT molecular complexity index is 477. The lowest BCUT2D eigenvalue weighted by Crippen LogP contribution is -2.09. The molecule has 0 fully saturated rings. The van der Waals surface area contributed by atoms with Gasteiger partial charge in [0, 0.05) is 16.1 Å². The second-order valence-corrected chi connectivity index (χ2v) is 4.04.